The number of nitrogens with one attached hydrogen (secondary N) is 1. The normalized spacial score (nSPS) is 12.5. The summed E-state index contributed by atoms with van der Waals surface area (Å²) in [6, 6.07) is 1.78. The van der Waals surface area contributed by atoms with Crippen molar-refractivity contribution in [1.82, 2.24) is 4.98 Å². The van der Waals surface area contributed by atoms with E-state index in [1.807, 2.05) is 13.8 Å². The third-order valence-corrected chi connectivity index (χ3v) is 2.90. The van der Waals surface area contributed by atoms with E-state index < -0.39 is 11.7 Å². The summed E-state index contributed by atoms with van der Waals surface area (Å²) in [5, 5.41) is 2.90. The van der Waals surface area contributed by atoms with Gasteiger partial charge in [0.25, 0.3) is 0 Å². The summed E-state index contributed by atoms with van der Waals surface area (Å²) in [6.07, 6.45) is -3.65. The highest BCUT2D eigenvalue weighted by molar-refractivity contribution is 5.47. The van der Waals surface area contributed by atoms with Crippen LogP contribution in [-0.4, -0.2) is 25.2 Å². The number of anilines is 2. The molecule has 0 saturated heterocycles. The molecule has 0 fully saturated rings. The molecule has 3 N–H and O–H groups in total. The number of ether oxygens (including phenoxy) is 1. The van der Waals surface area contributed by atoms with Crippen LogP contribution >= 0.6 is 0 Å². The minimum Gasteiger partial charge on any atom is -0.385 e. The number of hydrogen-bond donors (Lipinski definition) is 2. The monoisotopic (exact) mass is 291 g/mol. The highest BCUT2D eigenvalue weighted by Crippen LogP contribution is 2.31. The first-order chi connectivity index (χ1) is 9.14. The Morgan fingerprint density at radius 3 is 2.50 bits per heavy atom. The fourth-order valence-corrected chi connectivity index (χ4v) is 1.60. The third-order valence-electron chi connectivity index (χ3n) is 2.90. The number of aromatic nitrogens is 1. The van der Waals surface area contributed by atoms with E-state index in [0.29, 0.717) is 13.2 Å². The van der Waals surface area contributed by atoms with Gasteiger partial charge in [-0.25, -0.2) is 4.98 Å². The average molecular weight is 291 g/mol. The molecule has 0 amide bonds. The summed E-state index contributed by atoms with van der Waals surface area (Å²) in [6.45, 7) is 5.06. The molecule has 0 atom stereocenters. The zero-order valence-electron chi connectivity index (χ0n) is 11.8. The lowest BCUT2D eigenvalue weighted by Crippen LogP contribution is -2.25. The van der Waals surface area contributed by atoms with Gasteiger partial charge in [0.15, 0.2) is 0 Å². The summed E-state index contributed by atoms with van der Waals surface area (Å²) in [4.78, 5) is 3.87. The number of pyridine rings is 1. The van der Waals surface area contributed by atoms with Gasteiger partial charge >= 0.3 is 6.18 Å². The largest absolute Gasteiger partial charge is 0.416 e. The zero-order valence-corrected chi connectivity index (χ0v) is 11.8. The Morgan fingerprint density at radius 1 is 1.30 bits per heavy atom. The molecule has 1 rings (SSSR count). The van der Waals surface area contributed by atoms with Gasteiger partial charge < -0.3 is 15.8 Å². The molecule has 114 valence electrons. The van der Waals surface area contributed by atoms with Crippen LogP contribution in [0.1, 0.15) is 25.8 Å². The predicted octanol–water partition coefficient (Wildman–Crippen LogP) is 3.16. The molecule has 0 radical (unpaired) electrons. The van der Waals surface area contributed by atoms with Crippen LogP contribution in [-0.2, 0) is 10.9 Å². The van der Waals surface area contributed by atoms with Gasteiger partial charge in [0, 0.05) is 20.3 Å². The van der Waals surface area contributed by atoms with Gasteiger partial charge in [0.2, 0.25) is 0 Å². The summed E-state index contributed by atoms with van der Waals surface area (Å²) < 4.78 is 43.0. The van der Waals surface area contributed by atoms with Crippen molar-refractivity contribution in [3.63, 3.8) is 0 Å². The number of nitrogen functional groups attached to an aromatic ring is 1. The topological polar surface area (TPSA) is 60.2 Å². The van der Waals surface area contributed by atoms with Crippen LogP contribution in [0, 0.1) is 5.41 Å². The Kier molecular flexibility index (Phi) is 5.21. The van der Waals surface area contributed by atoms with E-state index in [2.05, 4.69) is 10.3 Å². The summed E-state index contributed by atoms with van der Waals surface area (Å²) in [5.74, 6) is -0.0279. The second kappa shape index (κ2) is 6.30. The molecule has 7 heteroatoms. The maximum absolute atomic E-state index is 12.7. The molecule has 0 saturated carbocycles. The van der Waals surface area contributed by atoms with Crippen molar-refractivity contribution in [2.75, 3.05) is 31.3 Å². The molecule has 0 aliphatic carbocycles. The van der Waals surface area contributed by atoms with E-state index in [9.17, 15) is 13.2 Å². The Labute approximate surface area is 116 Å². The van der Waals surface area contributed by atoms with Crippen molar-refractivity contribution in [3.8, 4) is 0 Å². The molecule has 1 aromatic rings. The molecule has 0 aliphatic heterocycles. The van der Waals surface area contributed by atoms with Crippen LogP contribution < -0.4 is 11.1 Å². The van der Waals surface area contributed by atoms with Crippen LogP contribution in [0.3, 0.4) is 0 Å². The lowest BCUT2D eigenvalue weighted by atomic mass is 9.90. The molecule has 0 aliphatic rings. The average Bonchev–Trinajstić information content (AvgIpc) is 2.32. The Balaban J connectivity index is 2.76. The van der Waals surface area contributed by atoms with E-state index in [-0.39, 0.29) is 17.1 Å². The van der Waals surface area contributed by atoms with Crippen molar-refractivity contribution in [3.05, 3.63) is 17.7 Å². The third kappa shape index (κ3) is 5.24. The zero-order chi connectivity index (χ0) is 15.4. The first-order valence-electron chi connectivity index (χ1n) is 6.22. The van der Waals surface area contributed by atoms with Gasteiger partial charge in [-0.1, -0.05) is 13.8 Å². The quantitative estimate of drug-likeness (QED) is 0.845. The second-order valence-electron chi connectivity index (χ2n) is 5.42. The van der Waals surface area contributed by atoms with Crippen LogP contribution in [0.4, 0.5) is 24.8 Å². The number of hydrogen-bond acceptors (Lipinski definition) is 4. The van der Waals surface area contributed by atoms with E-state index in [1.165, 1.54) is 0 Å². The summed E-state index contributed by atoms with van der Waals surface area (Å²) >= 11 is 0. The summed E-state index contributed by atoms with van der Waals surface area (Å²) in [5.41, 5.74) is 4.48. The maximum Gasteiger partial charge on any atom is 0.416 e. The first kappa shape index (κ1) is 16.6. The number of halogens is 3. The van der Waals surface area contributed by atoms with Gasteiger partial charge in [-0.05, 0) is 24.0 Å². The van der Waals surface area contributed by atoms with Crippen LogP contribution in [0.5, 0.6) is 0 Å². The van der Waals surface area contributed by atoms with E-state index in [1.54, 1.807) is 7.11 Å². The highest BCUT2D eigenvalue weighted by Gasteiger charge is 2.31. The number of methoxy groups -OCH3 is 1. The predicted molar refractivity (Wildman–Crippen MR) is 72.4 cm³/mol. The maximum atomic E-state index is 12.7. The SMILES string of the molecule is COCCC(C)(C)CNc1cc(C(F)(F)F)cc(N)n1. The number of rotatable bonds is 6. The van der Waals surface area contributed by atoms with Gasteiger partial charge in [0.1, 0.15) is 11.6 Å². The van der Waals surface area contributed by atoms with Crippen molar-refractivity contribution >= 4 is 11.6 Å². The molecule has 0 unspecified atom stereocenters. The van der Waals surface area contributed by atoms with E-state index in [0.717, 1.165) is 18.6 Å². The number of nitrogens with zero attached hydrogens (tertiary/aromatic N) is 1. The van der Waals surface area contributed by atoms with Gasteiger partial charge in [-0.15, -0.1) is 0 Å². The number of nitrogens with two attached hydrogens (primary N) is 1. The number of alkyl halides is 3. The van der Waals surface area contributed by atoms with E-state index >= 15 is 0 Å². The first-order valence-corrected chi connectivity index (χ1v) is 6.22. The second-order valence-corrected chi connectivity index (χ2v) is 5.42. The molecule has 1 aromatic heterocycles. The van der Waals surface area contributed by atoms with Crippen LogP contribution in [0.2, 0.25) is 0 Å². The van der Waals surface area contributed by atoms with Crippen molar-refractivity contribution in [1.29, 1.82) is 0 Å². The van der Waals surface area contributed by atoms with Gasteiger partial charge in [-0.2, -0.15) is 13.2 Å². The molecule has 20 heavy (non-hydrogen) atoms. The van der Waals surface area contributed by atoms with Crippen molar-refractivity contribution in [2.24, 2.45) is 5.41 Å². The molecule has 1 heterocycles. The standard InChI is InChI=1S/C13H20F3N3O/c1-12(2,4-5-20-3)8-18-11-7-9(13(14,15)16)6-10(17)19-11/h6-7H,4-5,8H2,1-3H3,(H3,17,18,19). The molecule has 0 bridgehead atoms. The highest BCUT2D eigenvalue weighted by atomic mass is 19.4. The molecular formula is C13H20F3N3O. The lowest BCUT2D eigenvalue weighted by Gasteiger charge is -2.25. The molecule has 4 nitrogen and oxygen atoms in total. The van der Waals surface area contributed by atoms with E-state index in [4.69, 9.17) is 10.5 Å². The Hall–Kier alpha value is -1.50. The fraction of sp³-hybridized carbons (Fsp3) is 0.615. The lowest BCUT2D eigenvalue weighted by molar-refractivity contribution is -0.137. The Bertz CT molecular complexity index is 447. The van der Waals surface area contributed by atoms with Gasteiger partial charge in [-0.3, -0.25) is 0 Å². The minimum absolute atomic E-state index is 0.124. The van der Waals surface area contributed by atoms with Crippen molar-refractivity contribution < 1.29 is 17.9 Å². The van der Waals surface area contributed by atoms with Crippen LogP contribution in [0.15, 0.2) is 12.1 Å². The fourth-order valence-electron chi connectivity index (χ4n) is 1.60. The molecule has 0 spiro atoms. The molecular weight excluding hydrogens is 271 g/mol. The minimum atomic E-state index is -4.43. The van der Waals surface area contributed by atoms with Crippen molar-refractivity contribution in [2.45, 2.75) is 26.4 Å². The smallest absolute Gasteiger partial charge is 0.385 e. The molecule has 0 aromatic carbocycles. The Morgan fingerprint density at radius 2 is 1.95 bits per heavy atom. The van der Waals surface area contributed by atoms with Gasteiger partial charge in [0.05, 0.1) is 5.56 Å². The van der Waals surface area contributed by atoms with Crippen LogP contribution in [0.25, 0.3) is 0 Å². The summed E-state index contributed by atoms with van der Waals surface area (Å²) in [7, 11) is 1.61.